The molecule has 0 unspecified atom stereocenters. The van der Waals surface area contributed by atoms with Crippen molar-refractivity contribution in [2.24, 2.45) is 13.0 Å². The van der Waals surface area contributed by atoms with Crippen molar-refractivity contribution in [3.63, 3.8) is 0 Å². The predicted octanol–water partition coefficient (Wildman–Crippen LogP) is 3.27. The van der Waals surface area contributed by atoms with E-state index < -0.39 is 68.5 Å². The standard InChI is InChI=1S/C39H43N7O7S/c1-45-20-19-31(43-45)34(47)40-32-16-6-4-2-3-5-11-24-22-39(24,38(50)44-54(51,52)26-17-18-26)42-35(48)33-21-25(23-46(33)37(32)49)53-36-29-14-8-7-12-27(29)28-13-9-10-15-30(28)41-36/h5,7-15,19-20,24-26,32-33H,2-4,6,16-18,21-23H2,1H3,(H,40,47)(H,42,48)(H,44,50)/b11-5-/t24-,25-,32+,33+,39-/m1/s1. The first-order valence-corrected chi connectivity index (χ1v) is 20.2. The minimum atomic E-state index is -3.89. The van der Waals surface area contributed by atoms with Crippen LogP contribution >= 0.6 is 0 Å². The van der Waals surface area contributed by atoms with Crippen molar-refractivity contribution >= 4 is 55.3 Å². The van der Waals surface area contributed by atoms with Gasteiger partial charge in [-0.25, -0.2) is 13.4 Å². The van der Waals surface area contributed by atoms with Gasteiger partial charge in [-0.15, -0.1) is 0 Å². The van der Waals surface area contributed by atoms with E-state index in [2.05, 4.69) is 20.5 Å². The van der Waals surface area contributed by atoms with Crippen LogP contribution in [0.5, 0.6) is 5.88 Å². The van der Waals surface area contributed by atoms with E-state index in [1.807, 2.05) is 60.7 Å². The van der Waals surface area contributed by atoms with E-state index in [9.17, 15) is 27.6 Å². The lowest BCUT2D eigenvalue weighted by Gasteiger charge is -2.29. The van der Waals surface area contributed by atoms with Gasteiger partial charge in [-0.3, -0.25) is 28.6 Å². The number of aromatic nitrogens is 3. The molecule has 0 spiro atoms. The van der Waals surface area contributed by atoms with Gasteiger partial charge in [-0.2, -0.15) is 5.10 Å². The molecule has 1 saturated heterocycles. The van der Waals surface area contributed by atoms with Gasteiger partial charge in [0, 0.05) is 36.4 Å². The summed E-state index contributed by atoms with van der Waals surface area (Å²) >= 11 is 0. The quantitative estimate of drug-likeness (QED) is 0.189. The largest absolute Gasteiger partial charge is 0.472 e. The zero-order valence-corrected chi connectivity index (χ0v) is 30.8. The molecule has 54 heavy (non-hydrogen) atoms. The maximum atomic E-state index is 14.6. The summed E-state index contributed by atoms with van der Waals surface area (Å²) in [6, 6.07) is 15.0. The molecule has 2 aliphatic heterocycles. The van der Waals surface area contributed by atoms with Gasteiger partial charge < -0.3 is 20.3 Å². The molecule has 4 aliphatic rings. The Labute approximate surface area is 312 Å². The van der Waals surface area contributed by atoms with E-state index in [-0.39, 0.29) is 25.1 Å². The number of rotatable bonds is 7. The van der Waals surface area contributed by atoms with Crippen molar-refractivity contribution in [2.75, 3.05) is 6.54 Å². The van der Waals surface area contributed by atoms with E-state index in [4.69, 9.17) is 9.72 Å². The molecule has 2 saturated carbocycles. The number of para-hydroxylation sites is 1. The topological polar surface area (TPSA) is 182 Å². The molecule has 0 bridgehead atoms. The van der Waals surface area contributed by atoms with E-state index in [1.165, 1.54) is 9.58 Å². The molecule has 14 nitrogen and oxygen atoms in total. The van der Waals surface area contributed by atoms with Crippen LogP contribution in [0.3, 0.4) is 0 Å². The number of carbonyl (C=O) groups is 4. The van der Waals surface area contributed by atoms with Crippen LogP contribution in [0.1, 0.15) is 68.3 Å². The first kappa shape index (κ1) is 35.7. The number of carbonyl (C=O) groups excluding carboxylic acids is 4. The summed E-state index contributed by atoms with van der Waals surface area (Å²) in [6.07, 6.45) is 9.29. The number of nitrogens with zero attached hydrogens (tertiary/aromatic N) is 4. The summed E-state index contributed by atoms with van der Waals surface area (Å²) < 4.78 is 36.0. The van der Waals surface area contributed by atoms with Crippen molar-refractivity contribution in [3.8, 4) is 5.88 Å². The number of aryl methyl sites for hydroxylation is 1. The summed E-state index contributed by atoms with van der Waals surface area (Å²) in [5, 5.41) is 12.0. The van der Waals surface area contributed by atoms with Gasteiger partial charge in [0.2, 0.25) is 27.7 Å². The summed E-state index contributed by atoms with van der Waals surface area (Å²) in [7, 11) is -2.19. The Balaban J connectivity index is 1.12. The van der Waals surface area contributed by atoms with Crippen LogP contribution in [-0.2, 0) is 31.5 Å². The van der Waals surface area contributed by atoms with Gasteiger partial charge >= 0.3 is 0 Å². The highest BCUT2D eigenvalue weighted by atomic mass is 32.2. The molecule has 3 N–H and O–H groups in total. The first-order chi connectivity index (χ1) is 26.0. The summed E-state index contributed by atoms with van der Waals surface area (Å²) in [4.78, 5) is 62.4. The molecular weight excluding hydrogens is 711 g/mol. The molecule has 0 radical (unpaired) electrons. The van der Waals surface area contributed by atoms with Gasteiger partial charge in [0.05, 0.1) is 17.3 Å². The van der Waals surface area contributed by atoms with Crippen LogP contribution in [0.4, 0.5) is 0 Å². The molecular formula is C39H43N7O7S. The number of hydrogen-bond donors (Lipinski definition) is 3. The van der Waals surface area contributed by atoms with Crippen molar-refractivity contribution in [1.82, 2.24) is 35.0 Å². The number of sulfonamides is 1. The smallest absolute Gasteiger partial charge is 0.272 e. The van der Waals surface area contributed by atoms with Crippen LogP contribution in [0.15, 0.2) is 72.9 Å². The lowest BCUT2D eigenvalue weighted by molar-refractivity contribution is -0.141. The summed E-state index contributed by atoms with van der Waals surface area (Å²) in [5.41, 5.74) is -0.606. The third-order valence-electron chi connectivity index (χ3n) is 10.9. The van der Waals surface area contributed by atoms with Gasteiger partial charge in [-0.1, -0.05) is 61.4 Å². The highest BCUT2D eigenvalue weighted by Gasteiger charge is 2.62. The maximum absolute atomic E-state index is 14.6. The summed E-state index contributed by atoms with van der Waals surface area (Å²) in [5.74, 6) is -2.42. The second kappa shape index (κ2) is 14.2. The maximum Gasteiger partial charge on any atom is 0.272 e. The Morgan fingerprint density at radius 2 is 1.72 bits per heavy atom. The molecule has 2 aromatic carbocycles. The molecule has 15 heteroatoms. The molecule has 282 valence electrons. The highest BCUT2D eigenvalue weighted by molar-refractivity contribution is 7.91. The molecule has 5 atom stereocenters. The number of fused-ring (bicyclic) bond motifs is 5. The highest BCUT2D eigenvalue weighted by Crippen LogP contribution is 2.46. The Hall–Kier alpha value is -5.31. The normalized spacial score (nSPS) is 26.9. The monoisotopic (exact) mass is 753 g/mol. The summed E-state index contributed by atoms with van der Waals surface area (Å²) in [6.45, 7) is 0.00823. The van der Waals surface area contributed by atoms with E-state index in [0.29, 0.717) is 38.0 Å². The van der Waals surface area contributed by atoms with Gasteiger partial charge in [0.25, 0.3) is 11.8 Å². The van der Waals surface area contributed by atoms with Crippen LogP contribution < -0.4 is 20.1 Å². The average Bonchev–Trinajstić information content (AvgIpc) is 4.05. The number of benzene rings is 2. The second-order valence-electron chi connectivity index (χ2n) is 14.9. The van der Waals surface area contributed by atoms with Crippen LogP contribution in [0.25, 0.3) is 21.7 Å². The lowest BCUT2D eigenvalue weighted by atomic mass is 10.0. The Morgan fingerprint density at radius 1 is 0.963 bits per heavy atom. The molecule has 4 aromatic rings. The van der Waals surface area contributed by atoms with Crippen LogP contribution in [-0.4, -0.2) is 87.2 Å². The molecule has 2 aliphatic carbocycles. The fourth-order valence-corrected chi connectivity index (χ4v) is 9.10. The molecule has 3 fully saturated rings. The lowest BCUT2D eigenvalue weighted by Crippen LogP contribution is -2.58. The van der Waals surface area contributed by atoms with Gasteiger partial charge in [-0.05, 0) is 62.1 Å². The third kappa shape index (κ3) is 7.04. The number of ether oxygens (including phenoxy) is 1. The SMILES string of the molecule is Cn1ccc(C(=O)N[C@H]2CCCCC/C=C\[C@@H]3C[C@@]3(C(=O)NS(=O)(=O)C3CC3)NC(=O)[C@@H]3C[C@@H](Oc4nc5ccccc5c5ccccc45)CN3C2=O)n1. The Morgan fingerprint density at radius 3 is 2.48 bits per heavy atom. The van der Waals surface area contributed by atoms with Crippen molar-refractivity contribution in [1.29, 1.82) is 0 Å². The molecule has 4 amide bonds. The second-order valence-corrected chi connectivity index (χ2v) is 16.8. The number of pyridine rings is 1. The van der Waals surface area contributed by atoms with Crippen molar-refractivity contribution < 1.29 is 32.3 Å². The van der Waals surface area contributed by atoms with Crippen LogP contribution in [0, 0.1) is 5.92 Å². The fraction of sp³-hybridized carbons (Fsp3) is 0.436. The van der Waals surface area contributed by atoms with E-state index in [1.54, 1.807) is 19.3 Å². The molecule has 2 aromatic heterocycles. The van der Waals surface area contributed by atoms with E-state index in [0.717, 1.165) is 34.5 Å². The number of nitrogens with one attached hydrogen (secondary N) is 3. The Bertz CT molecular complexity index is 2290. The zero-order chi connectivity index (χ0) is 37.6. The zero-order valence-electron chi connectivity index (χ0n) is 29.9. The molecule has 4 heterocycles. The van der Waals surface area contributed by atoms with Gasteiger partial charge in [0.1, 0.15) is 29.4 Å². The third-order valence-corrected chi connectivity index (χ3v) is 12.8. The van der Waals surface area contributed by atoms with Gasteiger partial charge in [0.15, 0.2) is 0 Å². The molecule has 8 rings (SSSR count). The fourth-order valence-electron chi connectivity index (χ4n) is 7.74. The minimum Gasteiger partial charge on any atom is -0.472 e. The van der Waals surface area contributed by atoms with Crippen molar-refractivity contribution in [3.05, 3.63) is 78.6 Å². The minimum absolute atomic E-state index is 0.00823. The van der Waals surface area contributed by atoms with E-state index >= 15 is 0 Å². The number of allylic oxidation sites excluding steroid dienone is 1. The van der Waals surface area contributed by atoms with Crippen LogP contribution in [0.2, 0.25) is 0 Å². The predicted molar refractivity (Wildman–Crippen MR) is 200 cm³/mol. The average molecular weight is 754 g/mol. The van der Waals surface area contributed by atoms with Crippen molar-refractivity contribution in [2.45, 2.75) is 86.8 Å². The Kier molecular flexibility index (Phi) is 9.36. The number of amides is 4. The number of hydrogen-bond acceptors (Lipinski definition) is 9. The first-order valence-electron chi connectivity index (χ1n) is 18.6.